The molecule has 1 aromatic heterocycles. The number of carbonyl (C=O) groups is 1. The molecule has 0 bridgehead atoms. The van der Waals surface area contributed by atoms with Crippen LogP contribution in [0.3, 0.4) is 0 Å². The second kappa shape index (κ2) is 8.30. The lowest BCUT2D eigenvalue weighted by Crippen LogP contribution is -2.38. The summed E-state index contributed by atoms with van der Waals surface area (Å²) in [5, 5.41) is 0.651. The molecule has 27 heavy (non-hydrogen) atoms. The van der Waals surface area contributed by atoms with Crippen LogP contribution in [0, 0.1) is 0 Å². The Labute approximate surface area is 168 Å². The molecule has 3 aromatic rings. The molecule has 1 fully saturated rings. The highest BCUT2D eigenvalue weighted by Crippen LogP contribution is 2.31. The van der Waals surface area contributed by atoms with Crippen molar-refractivity contribution in [2.45, 2.75) is 25.3 Å². The van der Waals surface area contributed by atoms with Gasteiger partial charge in [0, 0.05) is 36.1 Å². The molecule has 2 heterocycles. The average Bonchev–Trinajstić information content (AvgIpc) is 3.11. The molecule has 4 rings (SSSR count). The quantitative estimate of drug-likeness (QED) is 0.701. The predicted molar refractivity (Wildman–Crippen MR) is 108 cm³/mol. The molecule has 1 aliphatic heterocycles. The summed E-state index contributed by atoms with van der Waals surface area (Å²) in [7, 11) is 0. The molecule has 1 amide bonds. The summed E-state index contributed by atoms with van der Waals surface area (Å²) in [5.41, 5.74) is 8.87. The lowest BCUT2D eigenvalue weighted by molar-refractivity contribution is 0.0706. The van der Waals surface area contributed by atoms with Crippen LogP contribution in [0.2, 0.25) is 5.02 Å². The normalized spacial score (nSPS) is 15.0. The molecule has 1 saturated heterocycles. The average molecular weight is 406 g/mol. The van der Waals surface area contributed by atoms with Crippen LogP contribution in [-0.2, 0) is 6.54 Å². The van der Waals surface area contributed by atoms with Crippen molar-refractivity contribution in [3.8, 4) is 0 Å². The number of hydrogen-bond acceptors (Lipinski definition) is 4. The molecule has 0 aliphatic carbocycles. The highest BCUT2D eigenvalue weighted by molar-refractivity contribution is 6.31. The van der Waals surface area contributed by atoms with Gasteiger partial charge in [0.25, 0.3) is 5.91 Å². The van der Waals surface area contributed by atoms with E-state index in [0.29, 0.717) is 30.2 Å². The molecule has 0 spiro atoms. The van der Waals surface area contributed by atoms with Gasteiger partial charge in [-0.3, -0.25) is 4.79 Å². The Morgan fingerprint density at radius 2 is 1.89 bits per heavy atom. The van der Waals surface area contributed by atoms with Crippen molar-refractivity contribution in [1.82, 2.24) is 9.88 Å². The monoisotopic (exact) mass is 405 g/mol. The van der Waals surface area contributed by atoms with Gasteiger partial charge in [-0.05, 0) is 48.7 Å². The van der Waals surface area contributed by atoms with E-state index < -0.39 is 0 Å². The Kier molecular flexibility index (Phi) is 6.05. The third kappa shape index (κ3) is 4.10. The zero-order valence-corrected chi connectivity index (χ0v) is 16.3. The van der Waals surface area contributed by atoms with Crippen LogP contribution >= 0.6 is 24.0 Å². The topological polar surface area (TPSA) is 72.4 Å². The van der Waals surface area contributed by atoms with Gasteiger partial charge in [-0.1, -0.05) is 23.7 Å². The zero-order chi connectivity index (χ0) is 18.1. The maximum absolute atomic E-state index is 12.7. The van der Waals surface area contributed by atoms with Gasteiger partial charge < -0.3 is 15.1 Å². The second-order valence-electron chi connectivity index (χ2n) is 6.63. The van der Waals surface area contributed by atoms with Crippen molar-refractivity contribution in [1.29, 1.82) is 0 Å². The van der Waals surface area contributed by atoms with Gasteiger partial charge >= 0.3 is 0 Å². The Bertz CT molecular complexity index is 932. The summed E-state index contributed by atoms with van der Waals surface area (Å²) in [6.45, 7) is 1.87. The van der Waals surface area contributed by atoms with Crippen LogP contribution in [0.25, 0.3) is 11.1 Å². The number of carbonyl (C=O) groups excluding carboxylic acids is 1. The van der Waals surface area contributed by atoms with Crippen LogP contribution < -0.4 is 5.73 Å². The van der Waals surface area contributed by atoms with Crippen molar-refractivity contribution in [3.05, 3.63) is 64.5 Å². The van der Waals surface area contributed by atoms with E-state index in [0.717, 1.165) is 35.4 Å². The number of aromatic nitrogens is 1. The van der Waals surface area contributed by atoms with E-state index in [1.54, 1.807) is 6.07 Å². The summed E-state index contributed by atoms with van der Waals surface area (Å²) < 4.78 is 5.88. The maximum Gasteiger partial charge on any atom is 0.253 e. The number of nitrogens with two attached hydrogens (primary N) is 1. The highest BCUT2D eigenvalue weighted by atomic mass is 35.5. The largest absolute Gasteiger partial charge is 0.440 e. The van der Waals surface area contributed by atoms with E-state index in [9.17, 15) is 4.79 Å². The number of fused-ring (bicyclic) bond motifs is 1. The third-order valence-electron chi connectivity index (χ3n) is 4.93. The number of rotatable bonds is 3. The number of amides is 1. The van der Waals surface area contributed by atoms with Crippen LogP contribution in [0.1, 0.15) is 40.6 Å². The third-order valence-corrected chi connectivity index (χ3v) is 5.17. The van der Waals surface area contributed by atoms with Crippen molar-refractivity contribution in [3.63, 3.8) is 0 Å². The first-order valence-electron chi connectivity index (χ1n) is 8.78. The first kappa shape index (κ1) is 19.7. The zero-order valence-electron chi connectivity index (χ0n) is 14.7. The van der Waals surface area contributed by atoms with Gasteiger partial charge in [-0.2, -0.15) is 0 Å². The molecule has 0 atom stereocenters. The minimum absolute atomic E-state index is 0. The van der Waals surface area contributed by atoms with E-state index >= 15 is 0 Å². The maximum atomic E-state index is 12.7. The van der Waals surface area contributed by atoms with Gasteiger partial charge in [0.2, 0.25) is 0 Å². The summed E-state index contributed by atoms with van der Waals surface area (Å²) in [6, 6.07) is 13.0. The molecule has 2 aromatic carbocycles. The van der Waals surface area contributed by atoms with E-state index in [2.05, 4.69) is 4.98 Å². The smallest absolute Gasteiger partial charge is 0.253 e. The Morgan fingerprint density at radius 3 is 2.56 bits per heavy atom. The predicted octanol–water partition coefficient (Wildman–Crippen LogP) is 4.38. The fraction of sp³-hybridized carbons (Fsp3) is 0.300. The number of nitrogens with zero attached hydrogens (tertiary/aromatic N) is 2. The highest BCUT2D eigenvalue weighted by Gasteiger charge is 2.27. The van der Waals surface area contributed by atoms with Crippen molar-refractivity contribution >= 4 is 41.0 Å². The summed E-state index contributed by atoms with van der Waals surface area (Å²) in [5.74, 6) is 1.03. The summed E-state index contributed by atoms with van der Waals surface area (Å²) in [4.78, 5) is 19.1. The number of hydrogen-bond donors (Lipinski definition) is 1. The Morgan fingerprint density at radius 1 is 1.19 bits per heavy atom. The molecular formula is C20H21Cl2N3O2. The second-order valence-corrected chi connectivity index (χ2v) is 7.07. The number of oxazole rings is 1. The van der Waals surface area contributed by atoms with E-state index in [1.807, 2.05) is 41.3 Å². The van der Waals surface area contributed by atoms with Crippen molar-refractivity contribution in [2.75, 3.05) is 13.1 Å². The Balaban J connectivity index is 0.00000210. The molecular weight excluding hydrogens is 385 g/mol. The minimum Gasteiger partial charge on any atom is -0.440 e. The standard InChI is InChI=1S/C20H20ClN3O2.ClH/c21-16-5-6-18-17(11-16)23-19(26-18)14-7-9-24(10-8-14)20(25)15-3-1-13(12-22)2-4-15;/h1-6,11,14H,7-10,12,22H2;1H. The van der Waals surface area contributed by atoms with Gasteiger partial charge in [-0.15, -0.1) is 12.4 Å². The van der Waals surface area contributed by atoms with Gasteiger partial charge in [0.1, 0.15) is 5.52 Å². The molecule has 2 N–H and O–H groups in total. The first-order chi connectivity index (χ1) is 12.6. The van der Waals surface area contributed by atoms with Gasteiger partial charge in [0.05, 0.1) is 0 Å². The lowest BCUT2D eigenvalue weighted by Gasteiger charge is -2.30. The van der Waals surface area contributed by atoms with Crippen LogP contribution in [-0.4, -0.2) is 28.9 Å². The van der Waals surface area contributed by atoms with Crippen LogP contribution in [0.5, 0.6) is 0 Å². The molecule has 0 saturated carbocycles. The Hall–Kier alpha value is -2.08. The number of piperidine rings is 1. The number of halogens is 2. The fourth-order valence-corrected chi connectivity index (χ4v) is 3.55. The number of benzene rings is 2. The van der Waals surface area contributed by atoms with Crippen LogP contribution in [0.4, 0.5) is 0 Å². The number of likely N-dealkylation sites (tertiary alicyclic amines) is 1. The lowest BCUT2D eigenvalue weighted by atomic mass is 9.96. The van der Waals surface area contributed by atoms with E-state index in [1.165, 1.54) is 0 Å². The van der Waals surface area contributed by atoms with Crippen molar-refractivity contribution < 1.29 is 9.21 Å². The first-order valence-corrected chi connectivity index (χ1v) is 9.16. The molecule has 142 valence electrons. The van der Waals surface area contributed by atoms with Gasteiger partial charge in [0.15, 0.2) is 11.5 Å². The minimum atomic E-state index is 0. The van der Waals surface area contributed by atoms with Gasteiger partial charge in [-0.25, -0.2) is 4.98 Å². The van der Waals surface area contributed by atoms with Crippen LogP contribution in [0.15, 0.2) is 46.9 Å². The molecule has 0 unspecified atom stereocenters. The van der Waals surface area contributed by atoms with E-state index in [4.69, 9.17) is 21.8 Å². The van der Waals surface area contributed by atoms with Crippen molar-refractivity contribution in [2.24, 2.45) is 5.73 Å². The molecule has 1 aliphatic rings. The molecule has 5 nitrogen and oxygen atoms in total. The fourth-order valence-electron chi connectivity index (χ4n) is 3.39. The summed E-state index contributed by atoms with van der Waals surface area (Å²) >= 11 is 6.01. The summed E-state index contributed by atoms with van der Waals surface area (Å²) in [6.07, 6.45) is 1.68. The molecule has 7 heteroatoms. The molecule has 0 radical (unpaired) electrons. The SMILES string of the molecule is Cl.NCc1ccc(C(=O)N2CCC(c3nc4cc(Cl)ccc4o3)CC2)cc1. The van der Waals surface area contributed by atoms with E-state index in [-0.39, 0.29) is 24.2 Å².